The second kappa shape index (κ2) is 4.06. The van der Waals surface area contributed by atoms with E-state index in [0.29, 0.717) is 22.6 Å². The van der Waals surface area contributed by atoms with Crippen molar-refractivity contribution < 1.29 is 0 Å². The van der Waals surface area contributed by atoms with Gasteiger partial charge < -0.3 is 0 Å². The van der Waals surface area contributed by atoms with Crippen LogP contribution in [0.5, 0.6) is 0 Å². The first-order valence-electron chi connectivity index (χ1n) is 4.96. The average Bonchev–Trinajstić information content (AvgIpc) is 2.53. The molecule has 0 spiro atoms. The first-order valence-corrected chi connectivity index (χ1v) is 5.34. The lowest BCUT2D eigenvalue weighted by Crippen LogP contribution is -2.16. The van der Waals surface area contributed by atoms with Gasteiger partial charge in [-0.25, -0.2) is 4.98 Å². The topological polar surface area (TPSA) is 50.7 Å². The Kier molecular flexibility index (Phi) is 2.77. The fourth-order valence-corrected chi connectivity index (χ4v) is 1.65. The molecular weight excluding hydrogens is 214 g/mol. The lowest BCUT2D eigenvalue weighted by atomic mass is 10.3. The summed E-state index contributed by atoms with van der Waals surface area (Å²) in [7, 11) is 0. The number of nitrogens with zero attached hydrogens (tertiary/aromatic N) is 2. The van der Waals surface area contributed by atoms with E-state index in [0.717, 1.165) is 12.8 Å². The van der Waals surface area contributed by atoms with Crippen LogP contribution in [-0.4, -0.2) is 14.8 Å². The van der Waals surface area contributed by atoms with Crippen LogP contribution in [0.25, 0.3) is 11.0 Å². The van der Waals surface area contributed by atoms with Gasteiger partial charge in [0.05, 0.1) is 10.4 Å². The molecule has 0 saturated heterocycles. The molecule has 4 nitrogen and oxygen atoms in total. The molecule has 2 heterocycles. The number of fused-ring (bicyclic) bond motifs is 1. The van der Waals surface area contributed by atoms with Gasteiger partial charge in [-0.1, -0.05) is 24.9 Å². The molecule has 0 aromatic carbocycles. The van der Waals surface area contributed by atoms with Crippen LogP contribution in [0.2, 0.25) is 5.02 Å². The average molecular weight is 226 g/mol. The molecule has 5 heteroatoms. The number of unbranched alkanes of at least 4 members (excludes halogenated alkanes) is 1. The molecule has 2 aromatic heterocycles. The summed E-state index contributed by atoms with van der Waals surface area (Å²) in [6.45, 7) is 2.78. The normalized spacial score (nSPS) is 11.1. The molecule has 1 N–H and O–H groups in total. The van der Waals surface area contributed by atoms with E-state index in [-0.39, 0.29) is 5.56 Å². The fourth-order valence-electron chi connectivity index (χ4n) is 1.49. The molecule has 2 aromatic rings. The van der Waals surface area contributed by atoms with Gasteiger partial charge in [0, 0.05) is 12.7 Å². The Labute approximate surface area is 91.9 Å². The quantitative estimate of drug-likeness (QED) is 0.871. The molecule has 0 fully saturated rings. The predicted octanol–water partition coefficient (Wildman–Crippen LogP) is 2.18. The Morgan fingerprint density at radius 2 is 2.40 bits per heavy atom. The minimum Gasteiger partial charge on any atom is -0.278 e. The lowest BCUT2D eigenvalue weighted by Gasteiger charge is -1.97. The SMILES string of the molecule is CCCCn1[nH]c2ncc(Cl)cc2c1=O. The highest BCUT2D eigenvalue weighted by atomic mass is 35.5. The molecule has 0 saturated carbocycles. The van der Waals surface area contributed by atoms with Crippen molar-refractivity contribution in [3.63, 3.8) is 0 Å². The molecular formula is C10H12ClN3O. The number of aryl methyl sites for hydroxylation is 1. The number of aromatic nitrogens is 3. The Hall–Kier alpha value is -1.29. The third kappa shape index (κ3) is 1.90. The zero-order valence-corrected chi connectivity index (χ0v) is 9.21. The maximum Gasteiger partial charge on any atom is 0.276 e. The van der Waals surface area contributed by atoms with Gasteiger partial charge in [0.1, 0.15) is 0 Å². The predicted molar refractivity (Wildman–Crippen MR) is 60.3 cm³/mol. The molecule has 0 atom stereocenters. The summed E-state index contributed by atoms with van der Waals surface area (Å²) in [6.07, 6.45) is 3.56. The molecule has 0 unspecified atom stereocenters. The standard InChI is InChI=1S/C10H12ClN3O/c1-2-3-4-14-10(15)8-5-7(11)6-12-9(8)13-14/h5-6H,2-4H2,1H3,(H,12,13). The van der Waals surface area contributed by atoms with Gasteiger partial charge in [0.25, 0.3) is 5.56 Å². The number of halogens is 1. The van der Waals surface area contributed by atoms with E-state index in [1.807, 2.05) is 0 Å². The Bertz CT molecular complexity index is 529. The summed E-state index contributed by atoms with van der Waals surface area (Å²) in [4.78, 5) is 15.9. The second-order valence-corrected chi connectivity index (χ2v) is 3.91. The van der Waals surface area contributed by atoms with Crippen LogP contribution in [0.1, 0.15) is 19.8 Å². The van der Waals surface area contributed by atoms with Gasteiger partial charge in [-0.2, -0.15) is 0 Å². The van der Waals surface area contributed by atoms with Crippen LogP contribution < -0.4 is 5.56 Å². The van der Waals surface area contributed by atoms with Crippen molar-refractivity contribution in [1.29, 1.82) is 0 Å². The second-order valence-electron chi connectivity index (χ2n) is 3.47. The number of rotatable bonds is 3. The fraction of sp³-hybridized carbons (Fsp3) is 0.400. The van der Waals surface area contributed by atoms with E-state index < -0.39 is 0 Å². The number of hydrogen-bond donors (Lipinski definition) is 1. The molecule has 80 valence electrons. The highest BCUT2D eigenvalue weighted by Crippen LogP contribution is 2.11. The summed E-state index contributed by atoms with van der Waals surface area (Å²) < 4.78 is 1.58. The van der Waals surface area contributed by atoms with Crippen LogP contribution >= 0.6 is 11.6 Å². The van der Waals surface area contributed by atoms with E-state index >= 15 is 0 Å². The third-order valence-corrected chi connectivity index (χ3v) is 2.51. The van der Waals surface area contributed by atoms with Crippen LogP contribution in [0.15, 0.2) is 17.1 Å². The van der Waals surface area contributed by atoms with Crippen molar-refractivity contribution in [2.45, 2.75) is 26.3 Å². The molecule has 0 radical (unpaired) electrons. The number of H-pyrrole nitrogens is 1. The van der Waals surface area contributed by atoms with Crippen molar-refractivity contribution in [3.8, 4) is 0 Å². The minimum absolute atomic E-state index is 0.0477. The molecule has 0 aliphatic carbocycles. The van der Waals surface area contributed by atoms with Crippen molar-refractivity contribution in [1.82, 2.24) is 14.8 Å². The van der Waals surface area contributed by atoms with E-state index in [1.54, 1.807) is 10.7 Å². The minimum atomic E-state index is -0.0477. The largest absolute Gasteiger partial charge is 0.278 e. The summed E-state index contributed by atoms with van der Waals surface area (Å²) in [5, 5.41) is 4.00. The third-order valence-electron chi connectivity index (χ3n) is 2.31. The first kappa shape index (κ1) is 10.2. The molecule has 0 aliphatic rings. The Morgan fingerprint density at radius 1 is 1.60 bits per heavy atom. The maximum absolute atomic E-state index is 11.8. The summed E-state index contributed by atoms with van der Waals surface area (Å²) >= 11 is 5.78. The van der Waals surface area contributed by atoms with Gasteiger partial charge in [-0.3, -0.25) is 14.6 Å². The van der Waals surface area contributed by atoms with E-state index in [2.05, 4.69) is 17.0 Å². The number of hydrogen-bond acceptors (Lipinski definition) is 2. The lowest BCUT2D eigenvalue weighted by molar-refractivity contribution is 0.561. The molecule has 15 heavy (non-hydrogen) atoms. The number of pyridine rings is 1. The summed E-state index contributed by atoms with van der Waals surface area (Å²) in [5.74, 6) is 0. The highest BCUT2D eigenvalue weighted by Gasteiger charge is 2.07. The van der Waals surface area contributed by atoms with Crippen LogP contribution in [-0.2, 0) is 6.54 Å². The van der Waals surface area contributed by atoms with Gasteiger partial charge >= 0.3 is 0 Å². The van der Waals surface area contributed by atoms with Crippen LogP contribution in [0, 0.1) is 0 Å². The zero-order chi connectivity index (χ0) is 10.8. The Morgan fingerprint density at radius 3 is 3.13 bits per heavy atom. The van der Waals surface area contributed by atoms with Crippen LogP contribution in [0.4, 0.5) is 0 Å². The van der Waals surface area contributed by atoms with Crippen molar-refractivity contribution in [2.24, 2.45) is 0 Å². The summed E-state index contributed by atoms with van der Waals surface area (Å²) in [5.41, 5.74) is 0.550. The van der Waals surface area contributed by atoms with Gasteiger partial charge in [0.2, 0.25) is 0 Å². The van der Waals surface area contributed by atoms with Crippen LogP contribution in [0.3, 0.4) is 0 Å². The van der Waals surface area contributed by atoms with Crippen molar-refractivity contribution in [3.05, 3.63) is 27.6 Å². The Balaban J connectivity index is 2.50. The monoisotopic (exact) mass is 225 g/mol. The van der Waals surface area contributed by atoms with Crippen molar-refractivity contribution >= 4 is 22.6 Å². The smallest absolute Gasteiger partial charge is 0.276 e. The van der Waals surface area contributed by atoms with Gasteiger partial charge in [0.15, 0.2) is 5.65 Å². The number of aromatic amines is 1. The number of nitrogens with one attached hydrogen (secondary N) is 1. The molecule has 2 rings (SSSR count). The van der Waals surface area contributed by atoms with Gasteiger partial charge in [-0.15, -0.1) is 0 Å². The van der Waals surface area contributed by atoms with E-state index in [4.69, 9.17) is 11.6 Å². The van der Waals surface area contributed by atoms with E-state index in [1.165, 1.54) is 6.20 Å². The highest BCUT2D eigenvalue weighted by molar-refractivity contribution is 6.31. The first-order chi connectivity index (χ1) is 7.22. The molecule has 0 bridgehead atoms. The molecule has 0 aliphatic heterocycles. The van der Waals surface area contributed by atoms with Crippen molar-refractivity contribution in [2.75, 3.05) is 0 Å². The maximum atomic E-state index is 11.8. The molecule has 0 amide bonds. The van der Waals surface area contributed by atoms with E-state index in [9.17, 15) is 4.79 Å². The zero-order valence-electron chi connectivity index (χ0n) is 8.46. The summed E-state index contributed by atoms with van der Waals surface area (Å²) in [6, 6.07) is 1.64. The van der Waals surface area contributed by atoms with Gasteiger partial charge in [-0.05, 0) is 12.5 Å².